The van der Waals surface area contributed by atoms with Gasteiger partial charge in [-0.15, -0.1) is 0 Å². The molecule has 1 atom stereocenters. The third-order valence-corrected chi connectivity index (χ3v) is 3.33. The maximum Gasteiger partial charge on any atom is 0.254 e. The zero-order valence-electron chi connectivity index (χ0n) is 10.0. The molecule has 0 saturated carbocycles. The lowest BCUT2D eigenvalue weighted by molar-refractivity contribution is 0.0946. The zero-order chi connectivity index (χ0) is 13.0. The predicted molar refractivity (Wildman–Crippen MR) is 72.5 cm³/mol. The van der Waals surface area contributed by atoms with Gasteiger partial charge in [0.05, 0.1) is 17.4 Å². The Balaban J connectivity index is 1.95. The van der Waals surface area contributed by atoms with E-state index in [9.17, 15) is 4.79 Å². The van der Waals surface area contributed by atoms with Gasteiger partial charge in [-0.3, -0.25) is 4.79 Å². The van der Waals surface area contributed by atoms with Gasteiger partial charge in [-0.2, -0.15) is 0 Å². The summed E-state index contributed by atoms with van der Waals surface area (Å²) >= 11 is 5.87. The lowest BCUT2D eigenvalue weighted by Gasteiger charge is -2.18. The van der Waals surface area contributed by atoms with Crippen molar-refractivity contribution < 1.29 is 4.79 Å². The van der Waals surface area contributed by atoms with Gasteiger partial charge >= 0.3 is 0 Å². The maximum absolute atomic E-state index is 12.0. The number of amides is 1. The van der Waals surface area contributed by atoms with Crippen LogP contribution in [0, 0.1) is 5.92 Å². The number of carbonyl (C=O) groups is 1. The van der Waals surface area contributed by atoms with Crippen molar-refractivity contribution in [2.45, 2.75) is 19.3 Å². The van der Waals surface area contributed by atoms with Crippen LogP contribution < -0.4 is 11.1 Å². The number of nitrogens with zero attached hydrogens (tertiary/aromatic N) is 1. The second kappa shape index (κ2) is 5.87. The quantitative estimate of drug-likeness (QED) is 0.651. The van der Waals surface area contributed by atoms with E-state index in [2.05, 4.69) is 22.5 Å². The van der Waals surface area contributed by atoms with Crippen LogP contribution in [0.5, 0.6) is 0 Å². The molecule has 5 heteroatoms. The molecule has 0 spiro atoms. The number of rotatable bonds is 3. The number of nitrogens with one attached hydrogen (secondary N) is 1. The van der Waals surface area contributed by atoms with Gasteiger partial charge < -0.3 is 11.1 Å². The summed E-state index contributed by atoms with van der Waals surface area (Å²) < 4.78 is 0. The molecule has 1 amide bonds. The van der Waals surface area contributed by atoms with Crippen molar-refractivity contribution in [1.82, 2.24) is 10.3 Å². The van der Waals surface area contributed by atoms with Crippen LogP contribution in [0.4, 0.5) is 5.69 Å². The summed E-state index contributed by atoms with van der Waals surface area (Å²) in [5.41, 5.74) is 6.37. The van der Waals surface area contributed by atoms with Crippen LogP contribution in [0.15, 0.2) is 24.4 Å². The molecular weight excluding hydrogens is 250 g/mol. The Morgan fingerprint density at radius 2 is 2.39 bits per heavy atom. The third kappa shape index (κ3) is 3.23. The van der Waals surface area contributed by atoms with E-state index >= 15 is 0 Å². The highest BCUT2D eigenvalue weighted by Crippen LogP contribution is 2.18. The first-order chi connectivity index (χ1) is 8.66. The number of hydrogen-bond acceptors (Lipinski definition) is 3. The molecule has 0 bridgehead atoms. The molecule has 0 saturated heterocycles. The predicted octanol–water partition coefficient (Wildman–Crippen LogP) is 2.40. The fraction of sp³-hybridized carbons (Fsp3) is 0.385. The molecule has 4 nitrogen and oxygen atoms in total. The molecular formula is C13H16ClN3O. The fourth-order valence-corrected chi connectivity index (χ4v) is 2.19. The van der Waals surface area contributed by atoms with Crippen molar-refractivity contribution in [2.75, 3.05) is 12.3 Å². The zero-order valence-corrected chi connectivity index (χ0v) is 10.8. The van der Waals surface area contributed by atoms with Crippen LogP contribution in [0.2, 0.25) is 5.15 Å². The number of carbonyl (C=O) groups excluding carboxylic acids is 1. The molecule has 1 aromatic heterocycles. The summed E-state index contributed by atoms with van der Waals surface area (Å²) in [6, 6.07) is 1.55. The standard InChI is InChI=1S/C13H16ClN3O/c14-12-11(6-10(15)8-16-12)13(18)17-7-9-4-2-1-3-5-9/h1-2,6,8-9H,3-5,7,15H2,(H,17,18). The van der Waals surface area contributed by atoms with Crippen molar-refractivity contribution in [3.8, 4) is 0 Å². The van der Waals surface area contributed by atoms with Gasteiger partial charge in [0.15, 0.2) is 0 Å². The summed E-state index contributed by atoms with van der Waals surface area (Å²) in [4.78, 5) is 15.8. The van der Waals surface area contributed by atoms with E-state index in [0.717, 1.165) is 19.3 Å². The molecule has 0 radical (unpaired) electrons. The summed E-state index contributed by atoms with van der Waals surface area (Å²) in [5.74, 6) is 0.293. The highest BCUT2D eigenvalue weighted by atomic mass is 35.5. The van der Waals surface area contributed by atoms with E-state index < -0.39 is 0 Å². The Morgan fingerprint density at radius 3 is 3.11 bits per heavy atom. The van der Waals surface area contributed by atoms with Crippen molar-refractivity contribution in [1.29, 1.82) is 0 Å². The minimum atomic E-state index is -0.214. The Kier molecular flexibility index (Phi) is 4.20. The Bertz CT molecular complexity index is 473. The first-order valence-electron chi connectivity index (χ1n) is 6.01. The Morgan fingerprint density at radius 1 is 1.56 bits per heavy atom. The van der Waals surface area contributed by atoms with Crippen LogP contribution in [0.1, 0.15) is 29.6 Å². The molecule has 1 aromatic rings. The normalized spacial score (nSPS) is 18.6. The van der Waals surface area contributed by atoms with Crippen LogP contribution in [-0.4, -0.2) is 17.4 Å². The van der Waals surface area contributed by atoms with Gasteiger partial charge in [-0.1, -0.05) is 23.8 Å². The van der Waals surface area contributed by atoms with Crippen molar-refractivity contribution in [3.63, 3.8) is 0 Å². The van der Waals surface area contributed by atoms with Gasteiger partial charge in [-0.25, -0.2) is 4.98 Å². The van der Waals surface area contributed by atoms with Crippen LogP contribution in [0.25, 0.3) is 0 Å². The Labute approximate surface area is 111 Å². The second-order valence-electron chi connectivity index (χ2n) is 4.47. The number of anilines is 1. The molecule has 3 N–H and O–H groups in total. The molecule has 96 valence electrons. The smallest absolute Gasteiger partial charge is 0.254 e. The number of aromatic nitrogens is 1. The molecule has 18 heavy (non-hydrogen) atoms. The van der Waals surface area contributed by atoms with Crippen molar-refractivity contribution >= 4 is 23.2 Å². The minimum absolute atomic E-state index is 0.185. The Hall–Kier alpha value is -1.55. The summed E-state index contributed by atoms with van der Waals surface area (Å²) in [6.45, 7) is 0.661. The number of pyridine rings is 1. The molecule has 1 heterocycles. The maximum atomic E-state index is 12.0. The van der Waals surface area contributed by atoms with E-state index in [1.807, 2.05) is 0 Å². The average Bonchev–Trinajstić information content (AvgIpc) is 2.40. The number of nitrogens with two attached hydrogens (primary N) is 1. The topological polar surface area (TPSA) is 68.0 Å². The van der Waals surface area contributed by atoms with Gasteiger partial charge in [0.1, 0.15) is 5.15 Å². The second-order valence-corrected chi connectivity index (χ2v) is 4.83. The van der Waals surface area contributed by atoms with Crippen LogP contribution in [0.3, 0.4) is 0 Å². The molecule has 1 aliphatic carbocycles. The monoisotopic (exact) mass is 265 g/mol. The number of nitrogen functional groups attached to an aromatic ring is 1. The SMILES string of the molecule is Nc1cnc(Cl)c(C(=O)NCC2CC=CCC2)c1. The lowest BCUT2D eigenvalue weighted by Crippen LogP contribution is -2.30. The van der Waals surface area contributed by atoms with E-state index in [-0.39, 0.29) is 11.1 Å². The average molecular weight is 266 g/mol. The van der Waals surface area contributed by atoms with E-state index in [1.165, 1.54) is 6.20 Å². The summed E-state index contributed by atoms with van der Waals surface area (Å²) in [5, 5.41) is 3.07. The molecule has 2 rings (SSSR count). The summed E-state index contributed by atoms with van der Waals surface area (Å²) in [6.07, 6.45) is 8.99. The first kappa shape index (κ1) is 12.9. The van der Waals surface area contributed by atoms with Gasteiger partial charge in [0.25, 0.3) is 5.91 Å². The third-order valence-electron chi connectivity index (χ3n) is 3.03. The van der Waals surface area contributed by atoms with Crippen molar-refractivity contribution in [2.24, 2.45) is 5.92 Å². The van der Waals surface area contributed by atoms with Gasteiger partial charge in [0, 0.05) is 6.54 Å². The molecule has 0 fully saturated rings. The molecule has 1 unspecified atom stereocenters. The highest BCUT2D eigenvalue weighted by Gasteiger charge is 2.15. The van der Waals surface area contributed by atoms with Crippen LogP contribution >= 0.6 is 11.6 Å². The van der Waals surface area contributed by atoms with Gasteiger partial charge in [0.2, 0.25) is 0 Å². The minimum Gasteiger partial charge on any atom is -0.397 e. The first-order valence-corrected chi connectivity index (χ1v) is 6.39. The number of allylic oxidation sites excluding steroid dienone is 2. The van der Waals surface area contributed by atoms with Crippen molar-refractivity contribution in [3.05, 3.63) is 35.1 Å². The van der Waals surface area contributed by atoms with Crippen LogP contribution in [-0.2, 0) is 0 Å². The highest BCUT2D eigenvalue weighted by molar-refractivity contribution is 6.32. The molecule has 0 aromatic carbocycles. The lowest BCUT2D eigenvalue weighted by atomic mass is 9.94. The van der Waals surface area contributed by atoms with E-state index in [1.54, 1.807) is 6.07 Å². The molecule has 1 aliphatic rings. The largest absolute Gasteiger partial charge is 0.397 e. The summed E-state index contributed by atoms with van der Waals surface area (Å²) in [7, 11) is 0. The number of hydrogen-bond donors (Lipinski definition) is 2. The van der Waals surface area contributed by atoms with Gasteiger partial charge in [-0.05, 0) is 31.2 Å². The van der Waals surface area contributed by atoms with E-state index in [0.29, 0.717) is 23.7 Å². The fourth-order valence-electron chi connectivity index (χ4n) is 2.00. The molecule has 0 aliphatic heterocycles. The van der Waals surface area contributed by atoms with E-state index in [4.69, 9.17) is 17.3 Å². The number of halogens is 1.